The standard InChI is InChI=1S/C9H10N2.C2H6/c1-7-4-3-5-9-8(7)6-11(2)10-9;1-2/h3-6H,1-2H3;1-2H3. The molecule has 1 aromatic carbocycles. The Morgan fingerprint density at radius 3 is 2.54 bits per heavy atom. The molecule has 0 aliphatic carbocycles. The van der Waals surface area contributed by atoms with E-state index in [9.17, 15) is 0 Å². The van der Waals surface area contributed by atoms with Crippen LogP contribution in [0.3, 0.4) is 0 Å². The van der Waals surface area contributed by atoms with Crippen molar-refractivity contribution in [2.75, 3.05) is 0 Å². The Labute approximate surface area is 79.2 Å². The van der Waals surface area contributed by atoms with Crippen molar-refractivity contribution in [1.82, 2.24) is 9.78 Å². The second-order valence-corrected chi connectivity index (χ2v) is 2.81. The van der Waals surface area contributed by atoms with E-state index in [4.69, 9.17) is 0 Å². The average molecular weight is 176 g/mol. The first-order chi connectivity index (χ1) is 6.27. The molecule has 2 aromatic rings. The second-order valence-electron chi connectivity index (χ2n) is 2.81. The zero-order valence-corrected chi connectivity index (χ0v) is 8.70. The molecule has 1 aromatic heterocycles. The van der Waals surface area contributed by atoms with Crippen LogP contribution in [-0.4, -0.2) is 9.78 Å². The third kappa shape index (κ3) is 1.89. The summed E-state index contributed by atoms with van der Waals surface area (Å²) in [6.45, 7) is 6.10. The van der Waals surface area contributed by atoms with E-state index in [1.54, 1.807) is 0 Å². The van der Waals surface area contributed by atoms with Crippen molar-refractivity contribution < 1.29 is 0 Å². The Balaban J connectivity index is 0.000000396. The molecule has 0 aliphatic rings. The molecule has 0 amide bonds. The van der Waals surface area contributed by atoms with Crippen LogP contribution < -0.4 is 0 Å². The van der Waals surface area contributed by atoms with Gasteiger partial charge in [0.25, 0.3) is 0 Å². The van der Waals surface area contributed by atoms with Gasteiger partial charge in [-0.3, -0.25) is 4.68 Å². The summed E-state index contributed by atoms with van der Waals surface area (Å²) in [5, 5.41) is 5.54. The molecule has 2 rings (SSSR count). The smallest absolute Gasteiger partial charge is 0.0925 e. The average Bonchev–Trinajstić information content (AvgIpc) is 2.51. The Morgan fingerprint density at radius 2 is 1.92 bits per heavy atom. The molecule has 1 heterocycles. The van der Waals surface area contributed by atoms with Gasteiger partial charge in [-0.05, 0) is 18.6 Å². The molecule has 0 unspecified atom stereocenters. The summed E-state index contributed by atoms with van der Waals surface area (Å²) in [5.41, 5.74) is 2.36. The van der Waals surface area contributed by atoms with Crippen molar-refractivity contribution in [3.63, 3.8) is 0 Å². The Hall–Kier alpha value is -1.31. The number of aryl methyl sites for hydroxylation is 2. The van der Waals surface area contributed by atoms with Gasteiger partial charge in [-0.2, -0.15) is 5.10 Å². The van der Waals surface area contributed by atoms with Crippen LogP contribution in [0.5, 0.6) is 0 Å². The summed E-state index contributed by atoms with van der Waals surface area (Å²) in [6.07, 6.45) is 2.05. The third-order valence-corrected chi connectivity index (χ3v) is 1.88. The monoisotopic (exact) mass is 176 g/mol. The quantitative estimate of drug-likeness (QED) is 0.603. The van der Waals surface area contributed by atoms with Gasteiger partial charge >= 0.3 is 0 Å². The predicted octanol–water partition coefficient (Wildman–Crippen LogP) is 2.91. The number of hydrogen-bond donors (Lipinski definition) is 0. The Bertz CT molecular complexity index is 388. The summed E-state index contributed by atoms with van der Waals surface area (Å²) in [6, 6.07) is 6.16. The number of rotatable bonds is 0. The maximum absolute atomic E-state index is 4.29. The highest BCUT2D eigenvalue weighted by Crippen LogP contribution is 2.15. The molecular formula is C11H16N2. The van der Waals surface area contributed by atoms with E-state index in [2.05, 4.69) is 18.1 Å². The van der Waals surface area contributed by atoms with Crippen molar-refractivity contribution in [3.05, 3.63) is 30.0 Å². The lowest BCUT2D eigenvalue weighted by molar-refractivity contribution is 0.779. The van der Waals surface area contributed by atoms with Crippen LogP contribution in [-0.2, 0) is 7.05 Å². The first-order valence-corrected chi connectivity index (χ1v) is 4.66. The fourth-order valence-corrected chi connectivity index (χ4v) is 1.31. The Morgan fingerprint density at radius 1 is 1.23 bits per heavy atom. The fourth-order valence-electron chi connectivity index (χ4n) is 1.31. The van der Waals surface area contributed by atoms with E-state index in [0.717, 1.165) is 5.52 Å². The molecule has 0 aliphatic heterocycles. The third-order valence-electron chi connectivity index (χ3n) is 1.88. The molecular weight excluding hydrogens is 160 g/mol. The van der Waals surface area contributed by atoms with Crippen LogP contribution >= 0.6 is 0 Å². The summed E-state index contributed by atoms with van der Waals surface area (Å²) < 4.78 is 1.84. The molecule has 0 N–H and O–H groups in total. The number of aromatic nitrogens is 2. The molecule has 70 valence electrons. The zero-order valence-electron chi connectivity index (χ0n) is 8.70. The van der Waals surface area contributed by atoms with E-state index in [0.29, 0.717) is 0 Å². The highest BCUT2D eigenvalue weighted by Gasteiger charge is 1.98. The number of nitrogens with zero attached hydrogens (tertiary/aromatic N) is 2. The van der Waals surface area contributed by atoms with Crippen LogP contribution in [0.1, 0.15) is 19.4 Å². The van der Waals surface area contributed by atoms with Gasteiger partial charge in [0, 0.05) is 18.6 Å². The Kier molecular flexibility index (Phi) is 3.07. The van der Waals surface area contributed by atoms with Gasteiger partial charge in [0.1, 0.15) is 0 Å². The fraction of sp³-hybridized carbons (Fsp3) is 0.364. The van der Waals surface area contributed by atoms with E-state index in [1.165, 1.54) is 10.9 Å². The van der Waals surface area contributed by atoms with Crippen molar-refractivity contribution in [1.29, 1.82) is 0 Å². The van der Waals surface area contributed by atoms with Crippen molar-refractivity contribution in [2.45, 2.75) is 20.8 Å². The van der Waals surface area contributed by atoms with Crippen LogP contribution in [0.4, 0.5) is 0 Å². The molecule has 2 heteroatoms. The summed E-state index contributed by atoms with van der Waals surface area (Å²) in [7, 11) is 1.94. The van der Waals surface area contributed by atoms with Gasteiger partial charge < -0.3 is 0 Å². The maximum Gasteiger partial charge on any atom is 0.0925 e. The lowest BCUT2D eigenvalue weighted by Crippen LogP contribution is -1.84. The molecule has 0 bridgehead atoms. The minimum absolute atomic E-state index is 1.08. The molecule has 0 atom stereocenters. The molecule has 13 heavy (non-hydrogen) atoms. The van der Waals surface area contributed by atoms with Crippen LogP contribution in [0.25, 0.3) is 10.9 Å². The largest absolute Gasteiger partial charge is 0.275 e. The first-order valence-electron chi connectivity index (χ1n) is 4.66. The van der Waals surface area contributed by atoms with Gasteiger partial charge in [0.15, 0.2) is 0 Å². The highest BCUT2D eigenvalue weighted by atomic mass is 15.2. The maximum atomic E-state index is 4.29. The number of benzene rings is 1. The SMILES string of the molecule is CC.Cc1cccc2nn(C)cc12. The molecule has 0 radical (unpaired) electrons. The van der Waals surface area contributed by atoms with Crippen LogP contribution in [0, 0.1) is 6.92 Å². The minimum atomic E-state index is 1.08. The van der Waals surface area contributed by atoms with E-state index in [1.807, 2.05) is 43.9 Å². The molecule has 0 saturated heterocycles. The van der Waals surface area contributed by atoms with Gasteiger partial charge in [-0.25, -0.2) is 0 Å². The molecule has 0 spiro atoms. The van der Waals surface area contributed by atoms with Crippen molar-refractivity contribution in [2.24, 2.45) is 7.05 Å². The van der Waals surface area contributed by atoms with E-state index < -0.39 is 0 Å². The van der Waals surface area contributed by atoms with E-state index in [-0.39, 0.29) is 0 Å². The number of hydrogen-bond acceptors (Lipinski definition) is 1. The normalized spacial score (nSPS) is 9.54. The molecule has 2 nitrogen and oxygen atoms in total. The lowest BCUT2D eigenvalue weighted by atomic mass is 10.1. The van der Waals surface area contributed by atoms with Gasteiger partial charge in [-0.15, -0.1) is 0 Å². The zero-order chi connectivity index (χ0) is 9.84. The lowest BCUT2D eigenvalue weighted by Gasteiger charge is -1.90. The van der Waals surface area contributed by atoms with Crippen molar-refractivity contribution >= 4 is 10.9 Å². The number of fused-ring (bicyclic) bond motifs is 1. The van der Waals surface area contributed by atoms with Gasteiger partial charge in [0.05, 0.1) is 5.52 Å². The van der Waals surface area contributed by atoms with Gasteiger partial charge in [-0.1, -0.05) is 26.0 Å². The van der Waals surface area contributed by atoms with Crippen molar-refractivity contribution in [3.8, 4) is 0 Å². The summed E-state index contributed by atoms with van der Waals surface area (Å²) in [4.78, 5) is 0. The minimum Gasteiger partial charge on any atom is -0.275 e. The topological polar surface area (TPSA) is 17.8 Å². The molecule has 0 saturated carbocycles. The highest BCUT2D eigenvalue weighted by molar-refractivity contribution is 5.81. The van der Waals surface area contributed by atoms with E-state index >= 15 is 0 Å². The summed E-state index contributed by atoms with van der Waals surface area (Å²) in [5.74, 6) is 0. The molecule has 0 fully saturated rings. The first kappa shape index (κ1) is 9.78. The predicted molar refractivity (Wildman–Crippen MR) is 56.8 cm³/mol. The summed E-state index contributed by atoms with van der Waals surface area (Å²) >= 11 is 0. The van der Waals surface area contributed by atoms with Gasteiger partial charge in [0.2, 0.25) is 0 Å². The second kappa shape index (κ2) is 4.08. The van der Waals surface area contributed by atoms with Crippen LogP contribution in [0.2, 0.25) is 0 Å². The van der Waals surface area contributed by atoms with Crippen LogP contribution in [0.15, 0.2) is 24.4 Å².